The van der Waals surface area contributed by atoms with Gasteiger partial charge in [-0.25, -0.2) is 0 Å². The molecule has 1 fully saturated rings. The fraction of sp³-hybridized carbons (Fsp3) is 0.562. The Morgan fingerprint density at radius 3 is 2.63 bits per heavy atom. The third-order valence-corrected chi connectivity index (χ3v) is 4.12. The van der Waals surface area contributed by atoms with Crippen LogP contribution in [0.25, 0.3) is 0 Å². The van der Waals surface area contributed by atoms with Crippen LogP contribution in [-0.2, 0) is 4.79 Å². The monoisotopic (exact) mass is 260 g/mol. The van der Waals surface area contributed by atoms with E-state index in [4.69, 9.17) is 0 Å². The van der Waals surface area contributed by atoms with Crippen LogP contribution in [0.4, 0.5) is 0 Å². The van der Waals surface area contributed by atoms with Crippen molar-refractivity contribution in [2.75, 3.05) is 20.1 Å². The zero-order valence-electron chi connectivity index (χ0n) is 12.1. The summed E-state index contributed by atoms with van der Waals surface area (Å²) in [5, 5.41) is 2.96. The van der Waals surface area contributed by atoms with E-state index in [2.05, 4.69) is 48.3 Å². The van der Waals surface area contributed by atoms with E-state index >= 15 is 0 Å². The summed E-state index contributed by atoms with van der Waals surface area (Å²) in [6.07, 6.45) is 2.10. The normalized spacial score (nSPS) is 22.8. The van der Waals surface area contributed by atoms with Crippen molar-refractivity contribution in [2.45, 2.75) is 38.6 Å². The molecule has 3 heteroatoms. The minimum absolute atomic E-state index is 0.226. The van der Waals surface area contributed by atoms with Crippen LogP contribution in [0, 0.1) is 6.92 Å². The van der Waals surface area contributed by atoms with Crippen molar-refractivity contribution in [1.82, 2.24) is 10.2 Å². The quantitative estimate of drug-likeness (QED) is 0.901. The Morgan fingerprint density at radius 1 is 1.37 bits per heavy atom. The number of nitrogens with zero attached hydrogens (tertiary/aromatic N) is 1. The molecule has 104 valence electrons. The Morgan fingerprint density at radius 2 is 2.05 bits per heavy atom. The smallest absolute Gasteiger partial charge is 0.236 e. The van der Waals surface area contributed by atoms with Crippen LogP contribution < -0.4 is 5.32 Å². The summed E-state index contributed by atoms with van der Waals surface area (Å²) in [6, 6.07) is 9.12. The third-order valence-electron chi connectivity index (χ3n) is 4.12. The Labute approximate surface area is 116 Å². The summed E-state index contributed by atoms with van der Waals surface area (Å²) in [5.41, 5.74) is 2.66. The second-order valence-electron chi connectivity index (χ2n) is 5.40. The highest BCUT2D eigenvalue weighted by Crippen LogP contribution is 2.35. The molecule has 1 aliphatic heterocycles. The molecule has 2 rings (SSSR count). The number of likely N-dealkylation sites (tertiary alicyclic amines) is 1. The SMILES string of the molecule is CC[C@H]1[C@H](c2ccc(C)cc2)CCN1C(=O)CNC. The first-order chi connectivity index (χ1) is 9.17. The van der Waals surface area contributed by atoms with Gasteiger partial charge in [0.2, 0.25) is 5.91 Å². The van der Waals surface area contributed by atoms with Gasteiger partial charge in [0.25, 0.3) is 0 Å². The topological polar surface area (TPSA) is 32.3 Å². The van der Waals surface area contributed by atoms with Crippen molar-refractivity contribution in [2.24, 2.45) is 0 Å². The number of carbonyl (C=O) groups excluding carboxylic acids is 1. The van der Waals surface area contributed by atoms with Crippen LogP contribution >= 0.6 is 0 Å². The highest BCUT2D eigenvalue weighted by molar-refractivity contribution is 5.79. The molecule has 19 heavy (non-hydrogen) atoms. The average molecular weight is 260 g/mol. The van der Waals surface area contributed by atoms with E-state index in [1.807, 2.05) is 7.05 Å². The maximum absolute atomic E-state index is 12.1. The molecule has 1 saturated heterocycles. The Hall–Kier alpha value is -1.35. The molecular formula is C16H24N2O. The van der Waals surface area contributed by atoms with E-state index in [0.29, 0.717) is 18.5 Å². The van der Waals surface area contributed by atoms with Crippen LogP contribution in [0.1, 0.15) is 36.8 Å². The molecule has 0 unspecified atom stereocenters. The van der Waals surface area contributed by atoms with Gasteiger partial charge >= 0.3 is 0 Å². The van der Waals surface area contributed by atoms with E-state index in [1.54, 1.807) is 0 Å². The predicted octanol–water partition coefficient (Wildman–Crippen LogP) is 2.31. The van der Waals surface area contributed by atoms with Gasteiger partial charge in [0.05, 0.1) is 6.54 Å². The van der Waals surface area contributed by atoms with Gasteiger partial charge in [-0.2, -0.15) is 0 Å². The van der Waals surface area contributed by atoms with Crippen molar-refractivity contribution < 1.29 is 4.79 Å². The molecular weight excluding hydrogens is 236 g/mol. The number of aryl methyl sites for hydroxylation is 1. The van der Waals surface area contributed by atoms with Crippen LogP contribution in [-0.4, -0.2) is 37.0 Å². The number of benzene rings is 1. The number of amides is 1. The lowest BCUT2D eigenvalue weighted by molar-refractivity contribution is -0.131. The molecule has 3 nitrogen and oxygen atoms in total. The first kappa shape index (κ1) is 14.1. The lowest BCUT2D eigenvalue weighted by Gasteiger charge is -2.27. The van der Waals surface area contributed by atoms with Gasteiger partial charge < -0.3 is 10.2 Å². The van der Waals surface area contributed by atoms with Crippen molar-refractivity contribution in [3.63, 3.8) is 0 Å². The van der Waals surface area contributed by atoms with Crippen molar-refractivity contribution >= 4 is 5.91 Å². The summed E-state index contributed by atoms with van der Waals surface area (Å²) in [7, 11) is 1.83. The van der Waals surface area contributed by atoms with Gasteiger partial charge in [-0.15, -0.1) is 0 Å². The highest BCUT2D eigenvalue weighted by atomic mass is 16.2. The molecule has 0 aromatic heterocycles. The standard InChI is InChI=1S/C16H24N2O/c1-4-15-14(13-7-5-12(2)6-8-13)9-10-18(15)16(19)11-17-3/h5-8,14-15,17H,4,9-11H2,1-3H3/t14-,15-/m0/s1. The van der Waals surface area contributed by atoms with E-state index in [0.717, 1.165) is 19.4 Å². The zero-order chi connectivity index (χ0) is 13.8. The molecule has 1 aromatic rings. The summed E-state index contributed by atoms with van der Waals surface area (Å²) >= 11 is 0. The molecule has 0 saturated carbocycles. The van der Waals surface area contributed by atoms with Gasteiger partial charge in [0.15, 0.2) is 0 Å². The second-order valence-corrected chi connectivity index (χ2v) is 5.40. The van der Waals surface area contributed by atoms with Crippen molar-refractivity contribution in [3.8, 4) is 0 Å². The summed E-state index contributed by atoms with van der Waals surface area (Å²) < 4.78 is 0. The van der Waals surface area contributed by atoms with Crippen LogP contribution in [0.15, 0.2) is 24.3 Å². The molecule has 0 spiro atoms. The van der Waals surface area contributed by atoms with E-state index in [9.17, 15) is 4.79 Å². The Balaban J connectivity index is 2.15. The van der Waals surface area contributed by atoms with Gasteiger partial charge in [-0.3, -0.25) is 4.79 Å². The fourth-order valence-corrected chi connectivity index (χ4v) is 3.12. The zero-order valence-corrected chi connectivity index (χ0v) is 12.1. The first-order valence-corrected chi connectivity index (χ1v) is 7.18. The van der Waals surface area contributed by atoms with Gasteiger partial charge in [0, 0.05) is 18.5 Å². The minimum Gasteiger partial charge on any atom is -0.338 e. The molecule has 2 atom stereocenters. The largest absolute Gasteiger partial charge is 0.338 e. The number of hydrogen-bond acceptors (Lipinski definition) is 2. The third kappa shape index (κ3) is 2.98. The lowest BCUT2D eigenvalue weighted by atomic mass is 9.90. The number of likely N-dealkylation sites (N-methyl/N-ethyl adjacent to an activating group) is 1. The predicted molar refractivity (Wildman–Crippen MR) is 78.3 cm³/mol. The van der Waals surface area contributed by atoms with Gasteiger partial charge in [-0.1, -0.05) is 36.8 Å². The molecule has 0 radical (unpaired) electrons. The van der Waals surface area contributed by atoms with Crippen molar-refractivity contribution in [3.05, 3.63) is 35.4 Å². The number of nitrogens with one attached hydrogen (secondary N) is 1. The molecule has 1 heterocycles. The number of hydrogen-bond donors (Lipinski definition) is 1. The molecule has 1 amide bonds. The summed E-state index contributed by atoms with van der Waals surface area (Å²) in [4.78, 5) is 14.2. The summed E-state index contributed by atoms with van der Waals surface area (Å²) in [5.74, 6) is 0.718. The van der Waals surface area contributed by atoms with E-state index in [-0.39, 0.29) is 5.91 Å². The van der Waals surface area contributed by atoms with Crippen LogP contribution in [0.2, 0.25) is 0 Å². The maximum atomic E-state index is 12.1. The van der Waals surface area contributed by atoms with Gasteiger partial charge in [-0.05, 0) is 32.4 Å². The molecule has 1 aromatic carbocycles. The lowest BCUT2D eigenvalue weighted by Crippen LogP contribution is -2.41. The van der Waals surface area contributed by atoms with Crippen LogP contribution in [0.5, 0.6) is 0 Å². The fourth-order valence-electron chi connectivity index (χ4n) is 3.12. The van der Waals surface area contributed by atoms with E-state index in [1.165, 1.54) is 11.1 Å². The second kappa shape index (κ2) is 6.20. The molecule has 0 aliphatic carbocycles. The van der Waals surface area contributed by atoms with Crippen molar-refractivity contribution in [1.29, 1.82) is 0 Å². The Bertz CT molecular complexity index is 427. The average Bonchev–Trinajstić information content (AvgIpc) is 2.83. The summed E-state index contributed by atoms with van der Waals surface area (Å²) in [6.45, 7) is 5.62. The maximum Gasteiger partial charge on any atom is 0.236 e. The molecule has 1 aliphatic rings. The van der Waals surface area contributed by atoms with Crippen LogP contribution in [0.3, 0.4) is 0 Å². The molecule has 1 N–H and O–H groups in total. The first-order valence-electron chi connectivity index (χ1n) is 7.18. The number of rotatable bonds is 4. The van der Waals surface area contributed by atoms with E-state index < -0.39 is 0 Å². The highest BCUT2D eigenvalue weighted by Gasteiger charge is 2.35. The van der Waals surface area contributed by atoms with Gasteiger partial charge in [0.1, 0.15) is 0 Å². The minimum atomic E-state index is 0.226. The molecule has 0 bridgehead atoms. The number of carbonyl (C=O) groups is 1. The Kier molecular flexibility index (Phi) is 4.59.